The van der Waals surface area contributed by atoms with E-state index in [-0.39, 0.29) is 5.91 Å². The first-order chi connectivity index (χ1) is 12.7. The van der Waals surface area contributed by atoms with Crippen LogP contribution in [0, 0.1) is 0 Å². The van der Waals surface area contributed by atoms with Crippen LogP contribution >= 0.6 is 0 Å². The molecular weight excluding hydrogens is 332 g/mol. The Morgan fingerprint density at radius 2 is 1.81 bits per heavy atom. The second kappa shape index (κ2) is 7.15. The number of nitrogens with one attached hydrogen (secondary N) is 1. The number of nitrogens with zero attached hydrogens (tertiary/aromatic N) is 1. The number of ether oxygens (including phenoxy) is 3. The first-order valence-electron chi connectivity index (χ1n) is 8.88. The highest BCUT2D eigenvalue weighted by Crippen LogP contribution is 2.40. The maximum absolute atomic E-state index is 12.6. The predicted molar refractivity (Wildman–Crippen MR) is 99.8 cm³/mol. The zero-order valence-corrected chi connectivity index (χ0v) is 14.8. The summed E-state index contributed by atoms with van der Waals surface area (Å²) in [7, 11) is 1.55. The Morgan fingerprint density at radius 1 is 1.08 bits per heavy atom. The summed E-state index contributed by atoms with van der Waals surface area (Å²) in [6.07, 6.45) is 2.48. The molecule has 2 aromatic rings. The van der Waals surface area contributed by atoms with Gasteiger partial charge in [-0.05, 0) is 49.2 Å². The highest BCUT2D eigenvalue weighted by atomic mass is 16.6. The first-order valence-corrected chi connectivity index (χ1v) is 8.88. The molecular formula is C20H22N2O4. The number of carbonyl (C=O) groups is 1. The lowest BCUT2D eigenvalue weighted by molar-refractivity contribution is 0.102. The van der Waals surface area contributed by atoms with Crippen LogP contribution < -0.4 is 24.4 Å². The third-order valence-corrected chi connectivity index (χ3v) is 4.69. The Bertz CT molecular complexity index is 781. The van der Waals surface area contributed by atoms with Gasteiger partial charge in [-0.3, -0.25) is 4.79 Å². The second-order valence-corrected chi connectivity index (χ2v) is 6.40. The molecule has 2 heterocycles. The predicted octanol–water partition coefficient (Wildman–Crippen LogP) is 3.32. The van der Waals surface area contributed by atoms with Crippen LogP contribution in [0.1, 0.15) is 23.2 Å². The summed E-state index contributed by atoms with van der Waals surface area (Å²) in [5.74, 6) is 1.36. The van der Waals surface area contributed by atoms with E-state index in [0.29, 0.717) is 36.0 Å². The third kappa shape index (κ3) is 3.27. The summed E-state index contributed by atoms with van der Waals surface area (Å²) in [6.45, 7) is 3.13. The monoisotopic (exact) mass is 354 g/mol. The fraction of sp³-hybridized carbons (Fsp3) is 0.350. The van der Waals surface area contributed by atoms with Crippen molar-refractivity contribution in [3.05, 3.63) is 42.0 Å². The molecule has 4 rings (SSSR count). The molecule has 2 aliphatic heterocycles. The number of carbonyl (C=O) groups excluding carboxylic acids is 1. The Kier molecular flexibility index (Phi) is 4.56. The number of anilines is 2. The zero-order chi connectivity index (χ0) is 17.9. The van der Waals surface area contributed by atoms with E-state index in [9.17, 15) is 4.79 Å². The van der Waals surface area contributed by atoms with Crippen LogP contribution in [0.2, 0.25) is 0 Å². The molecule has 1 N–H and O–H groups in total. The van der Waals surface area contributed by atoms with E-state index >= 15 is 0 Å². The van der Waals surface area contributed by atoms with Crippen molar-refractivity contribution in [1.82, 2.24) is 0 Å². The van der Waals surface area contributed by atoms with E-state index < -0.39 is 0 Å². The van der Waals surface area contributed by atoms with Crippen LogP contribution in [0.3, 0.4) is 0 Å². The maximum atomic E-state index is 12.6. The summed E-state index contributed by atoms with van der Waals surface area (Å²) in [5.41, 5.74) is 2.42. The summed E-state index contributed by atoms with van der Waals surface area (Å²) < 4.78 is 16.5. The van der Waals surface area contributed by atoms with Gasteiger partial charge in [-0.1, -0.05) is 0 Å². The van der Waals surface area contributed by atoms with Crippen molar-refractivity contribution in [2.45, 2.75) is 12.8 Å². The Balaban J connectivity index is 1.51. The van der Waals surface area contributed by atoms with Crippen molar-refractivity contribution >= 4 is 17.3 Å². The van der Waals surface area contributed by atoms with Gasteiger partial charge in [-0.2, -0.15) is 0 Å². The SMILES string of the molecule is COc1cc(C(=O)Nc2ccc(N3CCCC3)cc2)cc2c1OCCO2. The molecule has 1 amide bonds. The second-order valence-electron chi connectivity index (χ2n) is 6.40. The topological polar surface area (TPSA) is 60.0 Å². The van der Waals surface area contributed by atoms with Gasteiger partial charge in [0, 0.05) is 30.0 Å². The van der Waals surface area contributed by atoms with Crippen molar-refractivity contribution in [1.29, 1.82) is 0 Å². The lowest BCUT2D eigenvalue weighted by Gasteiger charge is -2.21. The summed E-state index contributed by atoms with van der Waals surface area (Å²) in [5, 5.41) is 2.92. The van der Waals surface area contributed by atoms with E-state index in [4.69, 9.17) is 14.2 Å². The number of rotatable bonds is 4. The van der Waals surface area contributed by atoms with E-state index in [1.807, 2.05) is 24.3 Å². The first kappa shape index (κ1) is 16.6. The van der Waals surface area contributed by atoms with Crippen molar-refractivity contribution in [3.63, 3.8) is 0 Å². The smallest absolute Gasteiger partial charge is 0.255 e. The Morgan fingerprint density at radius 3 is 2.54 bits per heavy atom. The molecule has 136 valence electrons. The highest BCUT2D eigenvalue weighted by molar-refractivity contribution is 6.05. The molecule has 2 aliphatic rings. The van der Waals surface area contributed by atoms with Crippen LogP contribution in [0.5, 0.6) is 17.2 Å². The van der Waals surface area contributed by atoms with E-state index in [1.165, 1.54) is 18.5 Å². The molecule has 2 aromatic carbocycles. The average Bonchev–Trinajstić information content (AvgIpc) is 3.22. The van der Waals surface area contributed by atoms with E-state index in [2.05, 4.69) is 10.2 Å². The molecule has 0 atom stereocenters. The van der Waals surface area contributed by atoms with Crippen molar-refractivity contribution < 1.29 is 19.0 Å². The van der Waals surface area contributed by atoms with E-state index in [0.717, 1.165) is 18.8 Å². The number of fused-ring (bicyclic) bond motifs is 1. The number of amides is 1. The summed E-state index contributed by atoms with van der Waals surface area (Å²) in [6, 6.07) is 11.3. The van der Waals surface area contributed by atoms with Crippen molar-refractivity contribution in [2.24, 2.45) is 0 Å². The molecule has 0 radical (unpaired) electrons. The van der Waals surface area contributed by atoms with Gasteiger partial charge in [0.05, 0.1) is 7.11 Å². The van der Waals surface area contributed by atoms with Crippen LogP contribution in [0.15, 0.2) is 36.4 Å². The Hall–Kier alpha value is -2.89. The van der Waals surface area contributed by atoms with Gasteiger partial charge in [-0.25, -0.2) is 0 Å². The largest absolute Gasteiger partial charge is 0.493 e. The van der Waals surface area contributed by atoms with Gasteiger partial charge >= 0.3 is 0 Å². The van der Waals surface area contributed by atoms with Crippen molar-refractivity contribution in [2.75, 3.05) is 43.6 Å². The van der Waals surface area contributed by atoms with Gasteiger partial charge in [-0.15, -0.1) is 0 Å². The maximum Gasteiger partial charge on any atom is 0.255 e. The van der Waals surface area contributed by atoms with Gasteiger partial charge in [0.1, 0.15) is 13.2 Å². The number of hydrogen-bond donors (Lipinski definition) is 1. The molecule has 0 saturated carbocycles. The molecule has 6 heteroatoms. The number of methoxy groups -OCH3 is 1. The molecule has 1 saturated heterocycles. The molecule has 0 aliphatic carbocycles. The van der Waals surface area contributed by atoms with Gasteiger partial charge in [0.2, 0.25) is 5.75 Å². The molecule has 0 spiro atoms. The molecule has 0 aromatic heterocycles. The van der Waals surface area contributed by atoms with Crippen LogP contribution in [0.25, 0.3) is 0 Å². The minimum atomic E-state index is -0.214. The molecule has 1 fully saturated rings. The normalized spacial score (nSPS) is 15.7. The van der Waals surface area contributed by atoms with Crippen LogP contribution in [0.4, 0.5) is 11.4 Å². The molecule has 0 unspecified atom stereocenters. The quantitative estimate of drug-likeness (QED) is 0.913. The van der Waals surface area contributed by atoms with Crippen LogP contribution in [-0.4, -0.2) is 39.3 Å². The van der Waals surface area contributed by atoms with Gasteiger partial charge in [0.25, 0.3) is 5.91 Å². The molecule has 6 nitrogen and oxygen atoms in total. The fourth-order valence-electron chi connectivity index (χ4n) is 3.34. The van der Waals surface area contributed by atoms with E-state index in [1.54, 1.807) is 19.2 Å². The minimum absolute atomic E-state index is 0.214. The van der Waals surface area contributed by atoms with Gasteiger partial charge < -0.3 is 24.4 Å². The zero-order valence-electron chi connectivity index (χ0n) is 14.8. The van der Waals surface area contributed by atoms with Crippen LogP contribution in [-0.2, 0) is 0 Å². The fourth-order valence-corrected chi connectivity index (χ4v) is 3.34. The average molecular weight is 354 g/mol. The number of hydrogen-bond acceptors (Lipinski definition) is 5. The highest BCUT2D eigenvalue weighted by Gasteiger charge is 2.21. The molecule has 26 heavy (non-hydrogen) atoms. The molecule has 0 bridgehead atoms. The number of benzene rings is 2. The standard InChI is InChI=1S/C20H22N2O4/c1-24-17-12-14(13-18-19(17)26-11-10-25-18)20(23)21-15-4-6-16(7-5-15)22-8-2-3-9-22/h4-7,12-13H,2-3,8-11H2,1H3,(H,21,23). The van der Waals surface area contributed by atoms with Crippen molar-refractivity contribution in [3.8, 4) is 17.2 Å². The summed E-state index contributed by atoms with van der Waals surface area (Å²) >= 11 is 0. The lowest BCUT2D eigenvalue weighted by atomic mass is 10.1. The van der Waals surface area contributed by atoms with Gasteiger partial charge in [0.15, 0.2) is 11.5 Å². The Labute approximate surface area is 152 Å². The minimum Gasteiger partial charge on any atom is -0.493 e. The summed E-state index contributed by atoms with van der Waals surface area (Å²) in [4.78, 5) is 15.0. The lowest BCUT2D eigenvalue weighted by Crippen LogP contribution is -2.18. The third-order valence-electron chi connectivity index (χ3n) is 4.69.